The molecule has 6 nitrogen and oxygen atoms in total. The Kier molecular flexibility index (Phi) is 9.61. The first kappa shape index (κ1) is 28.9. The number of alkyl halides is 3. The number of hydrogen-bond acceptors (Lipinski definition) is 4. The fourth-order valence-electron chi connectivity index (χ4n) is 5.26. The molecule has 0 bridgehead atoms. The summed E-state index contributed by atoms with van der Waals surface area (Å²) in [5.41, 5.74) is 7.32. The van der Waals surface area contributed by atoms with E-state index in [2.05, 4.69) is 22.3 Å². The van der Waals surface area contributed by atoms with Crippen LogP contribution < -0.4 is 11.1 Å². The number of amides is 2. The van der Waals surface area contributed by atoms with E-state index in [1.807, 2.05) is 18.2 Å². The van der Waals surface area contributed by atoms with Gasteiger partial charge in [-0.15, -0.1) is 12.4 Å². The minimum Gasteiger partial charge on any atom is -0.350 e. The lowest BCUT2D eigenvalue weighted by molar-refractivity contribution is -0.142. The molecule has 0 radical (unpaired) electrons. The van der Waals surface area contributed by atoms with Gasteiger partial charge in [0.15, 0.2) is 0 Å². The quantitative estimate of drug-likeness (QED) is 0.562. The molecule has 0 saturated carbocycles. The summed E-state index contributed by atoms with van der Waals surface area (Å²) in [7, 11) is 0. The van der Waals surface area contributed by atoms with Crippen molar-refractivity contribution in [2.45, 2.75) is 69.5 Å². The molecule has 2 aliphatic heterocycles. The van der Waals surface area contributed by atoms with Crippen LogP contribution in [-0.2, 0) is 28.7 Å². The molecule has 0 spiro atoms. The van der Waals surface area contributed by atoms with Gasteiger partial charge in [-0.25, -0.2) is 0 Å². The molecule has 2 heterocycles. The lowest BCUT2D eigenvalue weighted by atomic mass is 10.0. The average Bonchev–Trinajstić information content (AvgIpc) is 3.20. The molecule has 2 amide bonds. The summed E-state index contributed by atoms with van der Waals surface area (Å²) in [5.74, 6) is -0.415. The summed E-state index contributed by atoms with van der Waals surface area (Å²) in [6, 6.07) is 14.0. The highest BCUT2D eigenvalue weighted by Crippen LogP contribution is 2.30. The number of nitrogens with two attached hydrogens (primary N) is 1. The van der Waals surface area contributed by atoms with Crippen molar-refractivity contribution in [2.24, 2.45) is 5.73 Å². The molecule has 2 saturated heterocycles. The average molecular weight is 539 g/mol. The lowest BCUT2D eigenvalue weighted by Gasteiger charge is -2.30. The summed E-state index contributed by atoms with van der Waals surface area (Å²) in [5, 5.41) is 2.77. The van der Waals surface area contributed by atoms with Crippen LogP contribution in [0.2, 0.25) is 0 Å². The van der Waals surface area contributed by atoms with Crippen molar-refractivity contribution in [3.63, 3.8) is 0 Å². The molecule has 0 aromatic heterocycles. The number of rotatable bonds is 7. The molecule has 1 unspecified atom stereocenters. The third-order valence-corrected chi connectivity index (χ3v) is 7.32. The van der Waals surface area contributed by atoms with Gasteiger partial charge in [0.2, 0.25) is 11.8 Å². The van der Waals surface area contributed by atoms with E-state index in [0.717, 1.165) is 31.4 Å². The van der Waals surface area contributed by atoms with E-state index in [4.69, 9.17) is 5.73 Å². The van der Waals surface area contributed by atoms with Crippen molar-refractivity contribution in [1.29, 1.82) is 0 Å². The molecular formula is C27H34ClF3N4O2. The van der Waals surface area contributed by atoms with Gasteiger partial charge in [0.25, 0.3) is 0 Å². The third-order valence-electron chi connectivity index (χ3n) is 7.32. The van der Waals surface area contributed by atoms with E-state index in [1.165, 1.54) is 17.7 Å². The first-order chi connectivity index (χ1) is 17.1. The lowest BCUT2D eigenvalue weighted by Crippen LogP contribution is -2.52. The van der Waals surface area contributed by atoms with Gasteiger partial charge in [0.05, 0.1) is 11.6 Å². The highest BCUT2D eigenvalue weighted by Gasteiger charge is 2.44. The van der Waals surface area contributed by atoms with Crippen LogP contribution >= 0.6 is 12.4 Å². The van der Waals surface area contributed by atoms with Gasteiger partial charge in [0, 0.05) is 31.7 Å². The number of fused-ring (bicyclic) bond motifs is 1. The molecule has 4 rings (SSSR count). The second-order valence-corrected chi connectivity index (χ2v) is 9.80. The Bertz CT molecular complexity index is 1050. The van der Waals surface area contributed by atoms with Crippen molar-refractivity contribution in [2.75, 3.05) is 13.1 Å². The summed E-state index contributed by atoms with van der Waals surface area (Å²) in [4.78, 5) is 30.3. The molecular weight excluding hydrogens is 505 g/mol. The van der Waals surface area contributed by atoms with Gasteiger partial charge in [-0.1, -0.05) is 42.5 Å². The number of hydrogen-bond donors (Lipinski definition) is 2. The van der Waals surface area contributed by atoms with E-state index in [0.29, 0.717) is 25.1 Å². The number of carbonyl (C=O) groups excluding carboxylic acids is 2. The van der Waals surface area contributed by atoms with Gasteiger partial charge in [-0.05, 0) is 55.9 Å². The molecule has 2 aromatic carbocycles. The number of carbonyl (C=O) groups is 2. The van der Waals surface area contributed by atoms with Gasteiger partial charge in [-0.2, -0.15) is 13.2 Å². The van der Waals surface area contributed by atoms with Crippen molar-refractivity contribution in [1.82, 2.24) is 15.1 Å². The summed E-state index contributed by atoms with van der Waals surface area (Å²) < 4.78 is 38.3. The zero-order valence-electron chi connectivity index (χ0n) is 20.8. The fourth-order valence-corrected chi connectivity index (χ4v) is 5.26. The summed E-state index contributed by atoms with van der Waals surface area (Å²) >= 11 is 0. The zero-order chi connectivity index (χ0) is 25.9. The zero-order valence-corrected chi connectivity index (χ0v) is 21.6. The van der Waals surface area contributed by atoms with Gasteiger partial charge >= 0.3 is 6.18 Å². The van der Waals surface area contributed by atoms with E-state index in [9.17, 15) is 22.8 Å². The van der Waals surface area contributed by atoms with Gasteiger partial charge in [-0.3, -0.25) is 14.5 Å². The van der Waals surface area contributed by atoms with Crippen LogP contribution in [0.15, 0.2) is 54.6 Å². The van der Waals surface area contributed by atoms with Crippen LogP contribution in [0.4, 0.5) is 13.2 Å². The highest BCUT2D eigenvalue weighted by molar-refractivity contribution is 5.90. The molecule has 10 heteroatoms. The van der Waals surface area contributed by atoms with Crippen molar-refractivity contribution in [3.8, 4) is 0 Å². The maximum atomic E-state index is 13.5. The Morgan fingerprint density at radius 2 is 1.78 bits per heavy atom. The van der Waals surface area contributed by atoms with E-state index >= 15 is 0 Å². The predicted octanol–water partition coefficient (Wildman–Crippen LogP) is 3.77. The fraction of sp³-hybridized carbons (Fsp3) is 0.481. The molecule has 4 atom stereocenters. The summed E-state index contributed by atoms with van der Waals surface area (Å²) in [6.07, 6.45) is -1.28. The molecule has 0 aliphatic carbocycles. The second kappa shape index (κ2) is 12.3. The van der Waals surface area contributed by atoms with E-state index in [1.54, 1.807) is 11.8 Å². The van der Waals surface area contributed by atoms with Crippen molar-refractivity contribution >= 4 is 24.2 Å². The Morgan fingerprint density at radius 3 is 2.43 bits per heavy atom. The van der Waals surface area contributed by atoms with Crippen LogP contribution in [0.3, 0.4) is 0 Å². The molecule has 202 valence electrons. The maximum absolute atomic E-state index is 13.5. The molecule has 2 aliphatic rings. The maximum Gasteiger partial charge on any atom is 0.416 e. The second-order valence-electron chi connectivity index (χ2n) is 9.80. The van der Waals surface area contributed by atoms with Gasteiger partial charge in [0.1, 0.15) is 6.04 Å². The van der Waals surface area contributed by atoms with Gasteiger partial charge < -0.3 is 16.0 Å². The minimum absolute atomic E-state index is 0. The smallest absolute Gasteiger partial charge is 0.350 e. The van der Waals surface area contributed by atoms with Crippen LogP contribution in [0.1, 0.15) is 42.9 Å². The Hall–Kier alpha value is -2.62. The Labute approximate surface area is 221 Å². The Balaban J connectivity index is 0.00000380. The van der Waals surface area contributed by atoms with E-state index < -0.39 is 17.8 Å². The SMILES string of the molecule is C[C@H](C(=O)NCc1ccc(C(F)(F)F)cc1)N1CCC(CCc2ccccc2)N2C[C@H](N)C[C@H]2C1=O.Cl. The van der Waals surface area contributed by atoms with Crippen molar-refractivity contribution < 1.29 is 22.8 Å². The number of nitrogens with one attached hydrogen (secondary N) is 1. The predicted molar refractivity (Wildman–Crippen MR) is 138 cm³/mol. The number of benzene rings is 2. The highest BCUT2D eigenvalue weighted by atomic mass is 35.5. The molecule has 3 N–H and O–H groups in total. The molecule has 37 heavy (non-hydrogen) atoms. The summed E-state index contributed by atoms with van der Waals surface area (Å²) in [6.45, 7) is 2.92. The molecule has 2 aromatic rings. The monoisotopic (exact) mass is 538 g/mol. The first-order valence-corrected chi connectivity index (χ1v) is 12.4. The van der Waals surface area contributed by atoms with Crippen LogP contribution in [0.5, 0.6) is 0 Å². The topological polar surface area (TPSA) is 78.7 Å². The first-order valence-electron chi connectivity index (χ1n) is 12.4. The normalized spacial score (nSPS) is 23.1. The van der Waals surface area contributed by atoms with E-state index in [-0.39, 0.29) is 48.9 Å². The van der Waals surface area contributed by atoms with Crippen LogP contribution in [0, 0.1) is 0 Å². The number of aryl methyl sites for hydroxylation is 1. The Morgan fingerprint density at radius 1 is 1.11 bits per heavy atom. The number of nitrogens with zero attached hydrogens (tertiary/aromatic N) is 2. The van der Waals surface area contributed by atoms with Crippen LogP contribution in [0.25, 0.3) is 0 Å². The standard InChI is InChI=1S/C27H33F3N4O2.ClH/c1-18(25(35)32-16-20-7-10-21(11-8-20)27(28,29)30)33-14-13-23(12-9-19-5-3-2-4-6-19)34-17-22(31)15-24(34)26(33)36;/h2-8,10-11,18,22-24H,9,12-17,31H2,1H3,(H,32,35);1H/t18-,22-,23?,24+;/m1./s1. The third kappa shape index (κ3) is 7.03. The van der Waals surface area contributed by atoms with Crippen LogP contribution in [-0.4, -0.2) is 58.9 Å². The minimum atomic E-state index is -4.40. The number of halogens is 4. The molecule has 2 fully saturated rings. The largest absolute Gasteiger partial charge is 0.416 e. The van der Waals surface area contributed by atoms with Crippen molar-refractivity contribution in [3.05, 3.63) is 71.3 Å².